The average Bonchev–Trinajstić information content (AvgIpc) is 2.91. The Morgan fingerprint density at radius 3 is 2.71 bits per heavy atom. The molecule has 3 rings (SSSR count). The van der Waals surface area contributed by atoms with Gasteiger partial charge in [0.1, 0.15) is 5.75 Å². The molecular formula is C18H23F2N3O. The highest BCUT2D eigenvalue weighted by atomic mass is 19.3. The number of ether oxygens (including phenoxy) is 1. The van der Waals surface area contributed by atoms with Gasteiger partial charge in [-0.05, 0) is 49.8 Å². The van der Waals surface area contributed by atoms with E-state index in [2.05, 4.69) is 15.2 Å². The minimum Gasteiger partial charge on any atom is -0.434 e. The largest absolute Gasteiger partial charge is 0.434 e. The quantitative estimate of drug-likeness (QED) is 0.903. The van der Waals surface area contributed by atoms with E-state index in [0.29, 0.717) is 12.6 Å². The van der Waals surface area contributed by atoms with E-state index in [-0.39, 0.29) is 5.75 Å². The van der Waals surface area contributed by atoms with Crippen LogP contribution in [0.15, 0.2) is 18.3 Å². The van der Waals surface area contributed by atoms with Crippen LogP contribution in [0.4, 0.5) is 8.78 Å². The molecule has 0 fully saturated rings. The van der Waals surface area contributed by atoms with Gasteiger partial charge in [0.2, 0.25) is 0 Å². The predicted molar refractivity (Wildman–Crippen MR) is 88.3 cm³/mol. The lowest BCUT2D eigenvalue weighted by atomic mass is 9.92. The molecular weight excluding hydrogens is 312 g/mol. The molecule has 130 valence electrons. The van der Waals surface area contributed by atoms with Gasteiger partial charge < -0.3 is 10.1 Å². The first-order chi connectivity index (χ1) is 11.5. The number of hydrogen-bond acceptors (Lipinski definition) is 3. The van der Waals surface area contributed by atoms with Gasteiger partial charge in [-0.1, -0.05) is 12.1 Å². The van der Waals surface area contributed by atoms with Gasteiger partial charge in [0.25, 0.3) is 0 Å². The first-order valence-corrected chi connectivity index (χ1v) is 8.24. The number of aromatic nitrogens is 2. The van der Waals surface area contributed by atoms with E-state index < -0.39 is 6.61 Å². The van der Waals surface area contributed by atoms with Crippen molar-refractivity contribution in [3.05, 3.63) is 46.3 Å². The molecule has 1 heterocycles. The number of nitrogens with zero attached hydrogens (tertiary/aromatic N) is 2. The lowest BCUT2D eigenvalue weighted by molar-refractivity contribution is -0.0507. The van der Waals surface area contributed by atoms with Crippen molar-refractivity contribution in [2.75, 3.05) is 0 Å². The van der Waals surface area contributed by atoms with E-state index in [0.717, 1.165) is 36.0 Å². The molecule has 1 atom stereocenters. The van der Waals surface area contributed by atoms with Gasteiger partial charge in [0, 0.05) is 30.9 Å². The Morgan fingerprint density at radius 1 is 1.33 bits per heavy atom. The van der Waals surface area contributed by atoms with E-state index in [1.165, 1.54) is 11.3 Å². The Morgan fingerprint density at radius 2 is 2.04 bits per heavy atom. The molecule has 0 saturated heterocycles. The van der Waals surface area contributed by atoms with Crippen molar-refractivity contribution in [3.63, 3.8) is 0 Å². The van der Waals surface area contributed by atoms with Crippen molar-refractivity contribution < 1.29 is 13.5 Å². The molecule has 1 N–H and O–H groups in total. The van der Waals surface area contributed by atoms with Crippen molar-refractivity contribution in [1.82, 2.24) is 15.1 Å². The summed E-state index contributed by atoms with van der Waals surface area (Å²) < 4.78 is 31.5. The lowest BCUT2D eigenvalue weighted by Gasteiger charge is -2.24. The first-order valence-electron chi connectivity index (χ1n) is 8.24. The number of alkyl halides is 2. The molecule has 24 heavy (non-hydrogen) atoms. The molecule has 0 saturated carbocycles. The number of fused-ring (bicyclic) bond motifs is 1. The second-order valence-corrected chi connectivity index (χ2v) is 6.43. The number of aryl methyl sites for hydroxylation is 3. The molecule has 0 aliphatic heterocycles. The zero-order valence-corrected chi connectivity index (χ0v) is 14.3. The maximum Gasteiger partial charge on any atom is 0.387 e. The molecule has 6 heteroatoms. The molecule has 1 aromatic carbocycles. The molecule has 4 nitrogen and oxygen atoms in total. The molecule has 1 aliphatic carbocycles. The highest BCUT2D eigenvalue weighted by Gasteiger charge is 2.23. The fourth-order valence-corrected chi connectivity index (χ4v) is 3.58. The van der Waals surface area contributed by atoms with Crippen molar-refractivity contribution in [3.8, 4) is 5.75 Å². The fourth-order valence-electron chi connectivity index (χ4n) is 3.58. The van der Waals surface area contributed by atoms with Crippen LogP contribution in [0.5, 0.6) is 5.75 Å². The van der Waals surface area contributed by atoms with Crippen LogP contribution in [-0.4, -0.2) is 16.4 Å². The normalized spacial score (nSPS) is 17.2. The van der Waals surface area contributed by atoms with E-state index in [9.17, 15) is 8.78 Å². The third kappa shape index (κ3) is 3.43. The molecule has 0 amide bonds. The summed E-state index contributed by atoms with van der Waals surface area (Å²) in [6.45, 7) is 1.50. The number of hydrogen-bond donors (Lipinski definition) is 1. The lowest BCUT2D eigenvalue weighted by Crippen LogP contribution is -2.25. The number of rotatable bonds is 5. The molecule has 0 spiro atoms. The van der Waals surface area contributed by atoms with Gasteiger partial charge >= 0.3 is 6.61 Å². The van der Waals surface area contributed by atoms with Gasteiger partial charge in [-0.15, -0.1) is 0 Å². The molecule has 1 aromatic heterocycles. The standard InChI is InChI=1S/C18H23F2N3O/c1-11-7-13(8-12(2)17(11)24-18(19)20)9-21-15-5-4-6-16-14(15)10-22-23(16)3/h7-8,10,15,18,21H,4-6,9H2,1-3H3. The Bertz CT molecular complexity index is 704. The van der Waals surface area contributed by atoms with E-state index in [1.54, 1.807) is 13.8 Å². The van der Waals surface area contributed by atoms with Gasteiger partial charge in [-0.3, -0.25) is 4.68 Å². The van der Waals surface area contributed by atoms with Crippen LogP contribution in [0.2, 0.25) is 0 Å². The zero-order chi connectivity index (χ0) is 17.3. The van der Waals surface area contributed by atoms with Crippen LogP contribution in [0.3, 0.4) is 0 Å². The summed E-state index contributed by atoms with van der Waals surface area (Å²) in [7, 11) is 1.98. The van der Waals surface area contributed by atoms with Crippen molar-refractivity contribution in [1.29, 1.82) is 0 Å². The molecule has 2 aromatic rings. The van der Waals surface area contributed by atoms with Crippen molar-refractivity contribution >= 4 is 0 Å². The highest BCUT2D eigenvalue weighted by molar-refractivity contribution is 5.43. The van der Waals surface area contributed by atoms with E-state index in [1.807, 2.05) is 30.1 Å². The number of halogens is 2. The maximum absolute atomic E-state index is 12.5. The average molecular weight is 335 g/mol. The fraction of sp³-hybridized carbons (Fsp3) is 0.500. The van der Waals surface area contributed by atoms with Crippen LogP contribution in [0.25, 0.3) is 0 Å². The second kappa shape index (κ2) is 6.89. The van der Waals surface area contributed by atoms with Crippen molar-refractivity contribution in [2.45, 2.75) is 52.3 Å². The van der Waals surface area contributed by atoms with Crippen LogP contribution < -0.4 is 10.1 Å². The maximum atomic E-state index is 12.5. The summed E-state index contributed by atoms with van der Waals surface area (Å²) in [5.74, 6) is 0.279. The number of nitrogens with one attached hydrogen (secondary N) is 1. The third-order valence-corrected chi connectivity index (χ3v) is 4.66. The van der Waals surface area contributed by atoms with Gasteiger partial charge in [-0.2, -0.15) is 13.9 Å². The predicted octanol–water partition coefficient (Wildman–Crippen LogP) is 3.81. The summed E-state index contributed by atoms with van der Waals surface area (Å²) in [6.07, 6.45) is 5.25. The minimum atomic E-state index is -2.79. The molecule has 0 bridgehead atoms. The Kier molecular flexibility index (Phi) is 4.85. The van der Waals surface area contributed by atoms with Gasteiger partial charge in [-0.25, -0.2) is 0 Å². The third-order valence-electron chi connectivity index (χ3n) is 4.66. The highest BCUT2D eigenvalue weighted by Crippen LogP contribution is 2.30. The minimum absolute atomic E-state index is 0.279. The smallest absolute Gasteiger partial charge is 0.387 e. The SMILES string of the molecule is Cc1cc(CNC2CCCc3c2cnn3C)cc(C)c1OC(F)F. The summed E-state index contributed by atoms with van der Waals surface area (Å²) in [5.41, 5.74) is 5.11. The van der Waals surface area contributed by atoms with E-state index >= 15 is 0 Å². The van der Waals surface area contributed by atoms with Crippen LogP contribution in [-0.2, 0) is 20.0 Å². The molecule has 0 radical (unpaired) electrons. The second-order valence-electron chi connectivity index (χ2n) is 6.43. The summed E-state index contributed by atoms with van der Waals surface area (Å²) in [4.78, 5) is 0. The Balaban J connectivity index is 1.72. The Hall–Kier alpha value is -1.95. The topological polar surface area (TPSA) is 39.1 Å². The molecule has 1 unspecified atom stereocenters. The summed E-state index contributed by atoms with van der Waals surface area (Å²) in [5, 5.41) is 7.94. The zero-order valence-electron chi connectivity index (χ0n) is 14.3. The van der Waals surface area contributed by atoms with E-state index in [4.69, 9.17) is 0 Å². The molecule has 1 aliphatic rings. The van der Waals surface area contributed by atoms with Crippen LogP contribution in [0, 0.1) is 13.8 Å². The van der Waals surface area contributed by atoms with Gasteiger partial charge in [0.05, 0.1) is 6.20 Å². The van der Waals surface area contributed by atoms with Crippen molar-refractivity contribution in [2.24, 2.45) is 7.05 Å². The summed E-state index contributed by atoms with van der Waals surface area (Å²) in [6, 6.07) is 4.11. The monoisotopic (exact) mass is 335 g/mol. The van der Waals surface area contributed by atoms with Crippen LogP contribution >= 0.6 is 0 Å². The summed E-state index contributed by atoms with van der Waals surface area (Å²) >= 11 is 0. The Labute approximate surface area is 140 Å². The first kappa shape index (κ1) is 16.9. The van der Waals surface area contributed by atoms with Crippen LogP contribution in [0.1, 0.15) is 46.8 Å². The number of benzene rings is 1. The van der Waals surface area contributed by atoms with Gasteiger partial charge in [0.15, 0.2) is 0 Å².